The highest BCUT2D eigenvalue weighted by Crippen LogP contribution is 2.48. The monoisotopic (exact) mass is 824 g/mol. The average molecular weight is 825 g/mol. The van der Waals surface area contributed by atoms with Crippen LogP contribution in [0.1, 0.15) is 40.6 Å². The van der Waals surface area contributed by atoms with Gasteiger partial charge in [-0.1, -0.05) is 153 Å². The maximum atomic E-state index is 5.58. The van der Waals surface area contributed by atoms with E-state index in [0.29, 0.717) is 0 Å². The van der Waals surface area contributed by atoms with Gasteiger partial charge in [0.25, 0.3) is 0 Å². The Morgan fingerprint density at radius 1 is 0.594 bits per heavy atom. The van der Waals surface area contributed by atoms with Gasteiger partial charge in [-0.2, -0.15) is 0 Å². The first-order valence-corrected chi connectivity index (χ1v) is 21.9. The van der Waals surface area contributed by atoms with Gasteiger partial charge in [0.05, 0.1) is 22.4 Å². The fraction of sp³-hybridized carbons (Fsp3) is 0.0667. The summed E-state index contributed by atoms with van der Waals surface area (Å²) in [6.45, 7) is 17.5. The fourth-order valence-electron chi connectivity index (χ4n) is 9.69. The van der Waals surface area contributed by atoms with Crippen molar-refractivity contribution in [2.24, 2.45) is 0 Å². The molecule has 0 atom stereocenters. The number of fused-ring (bicyclic) bond motifs is 8. The number of hydrogen-bond acceptors (Lipinski definition) is 3. The number of aromatic nitrogens is 3. The first-order valence-electron chi connectivity index (χ1n) is 21.9. The van der Waals surface area contributed by atoms with Crippen molar-refractivity contribution in [2.75, 3.05) is 4.90 Å². The van der Waals surface area contributed by atoms with E-state index in [9.17, 15) is 0 Å². The van der Waals surface area contributed by atoms with Gasteiger partial charge in [0.15, 0.2) is 5.82 Å². The minimum atomic E-state index is 0.747. The maximum Gasteiger partial charge on any atom is 0.165 e. The second-order valence-corrected chi connectivity index (χ2v) is 16.3. The number of anilines is 3. The van der Waals surface area contributed by atoms with Crippen molar-refractivity contribution in [2.45, 2.75) is 27.2 Å². The molecule has 0 spiro atoms. The predicted octanol–water partition coefficient (Wildman–Crippen LogP) is 16.2. The molecule has 64 heavy (non-hydrogen) atoms. The van der Waals surface area contributed by atoms with E-state index in [4.69, 9.17) is 9.97 Å². The van der Waals surface area contributed by atoms with E-state index >= 15 is 0 Å². The van der Waals surface area contributed by atoms with Crippen molar-refractivity contribution >= 4 is 72.6 Å². The Bertz CT molecular complexity index is 3510. The molecule has 0 aliphatic carbocycles. The molecule has 0 saturated carbocycles. The van der Waals surface area contributed by atoms with Crippen LogP contribution in [0.15, 0.2) is 196 Å². The normalized spacial score (nSPS) is 12.0. The standard InChI is InChI=1S/C56H42N4.C4H6/c1-5-18-48-47(6-2)57-54(40-29-30-50-41(33-40)32-39-21-12-16-27-49(39)59(50)42-22-8-7-9-23-42)56(58-48)60-51-28-17-15-26-45(51)53-44-25-14-13-24-43(44)52(36(4)55(53)60)46-34-38-20-11-10-19-37(38)31-35(46)3;1-3-4-2/h5-31,33-34H,2,32H2,1,3-4H3;3-4H,1-2H2/b18-5-;. The van der Waals surface area contributed by atoms with Gasteiger partial charge >= 0.3 is 0 Å². The van der Waals surface area contributed by atoms with Gasteiger partial charge in [-0.15, -0.1) is 0 Å². The van der Waals surface area contributed by atoms with E-state index in [1.807, 2.05) is 25.2 Å². The van der Waals surface area contributed by atoms with Crippen molar-refractivity contribution in [3.8, 4) is 28.2 Å². The Balaban J connectivity index is 0.00000116. The molecule has 8 aromatic carbocycles. The molecule has 3 heterocycles. The van der Waals surface area contributed by atoms with Crippen LogP contribution in [0.25, 0.3) is 83.7 Å². The van der Waals surface area contributed by atoms with Gasteiger partial charge in [-0.25, -0.2) is 9.97 Å². The molecule has 0 fully saturated rings. The molecule has 1 aliphatic rings. The Morgan fingerprint density at radius 2 is 1.25 bits per heavy atom. The molecule has 4 nitrogen and oxygen atoms in total. The van der Waals surface area contributed by atoms with Crippen LogP contribution in [0.5, 0.6) is 0 Å². The molecule has 2 aromatic heterocycles. The average Bonchev–Trinajstić information content (AvgIpc) is 3.69. The van der Waals surface area contributed by atoms with Crippen molar-refractivity contribution in [1.29, 1.82) is 0 Å². The molecule has 10 aromatic rings. The van der Waals surface area contributed by atoms with E-state index < -0.39 is 0 Å². The van der Waals surface area contributed by atoms with Crippen LogP contribution in [0.2, 0.25) is 0 Å². The topological polar surface area (TPSA) is 34.0 Å². The molecular formula is C60H48N4. The zero-order valence-corrected chi connectivity index (χ0v) is 36.5. The molecule has 0 amide bonds. The van der Waals surface area contributed by atoms with Gasteiger partial charge in [0.1, 0.15) is 5.69 Å². The van der Waals surface area contributed by atoms with E-state index in [0.717, 1.165) is 51.6 Å². The Labute approximate surface area is 375 Å². The van der Waals surface area contributed by atoms with Gasteiger partial charge in [-0.3, -0.25) is 4.57 Å². The van der Waals surface area contributed by atoms with Crippen LogP contribution < -0.4 is 4.90 Å². The third-order valence-corrected chi connectivity index (χ3v) is 12.5. The number of allylic oxidation sites excluding steroid dienone is 3. The zero-order valence-electron chi connectivity index (χ0n) is 36.5. The lowest BCUT2D eigenvalue weighted by Gasteiger charge is -2.33. The Hall–Kier alpha value is -8.08. The van der Waals surface area contributed by atoms with E-state index in [-0.39, 0.29) is 0 Å². The summed E-state index contributed by atoms with van der Waals surface area (Å²) in [6, 6.07) is 57.2. The van der Waals surface area contributed by atoms with Crippen LogP contribution in [-0.2, 0) is 6.42 Å². The maximum absolute atomic E-state index is 5.58. The van der Waals surface area contributed by atoms with Gasteiger partial charge in [-0.05, 0) is 130 Å². The number of aryl methyl sites for hydroxylation is 2. The molecule has 308 valence electrons. The highest BCUT2D eigenvalue weighted by atomic mass is 15.2. The highest BCUT2D eigenvalue weighted by Gasteiger charge is 2.28. The van der Waals surface area contributed by atoms with E-state index in [1.165, 1.54) is 77.1 Å². The van der Waals surface area contributed by atoms with Crippen LogP contribution in [-0.4, -0.2) is 14.5 Å². The molecule has 0 radical (unpaired) electrons. The zero-order chi connectivity index (χ0) is 43.9. The number of rotatable bonds is 7. The predicted molar refractivity (Wildman–Crippen MR) is 274 cm³/mol. The largest absolute Gasteiger partial charge is 0.310 e. The third-order valence-electron chi connectivity index (χ3n) is 12.5. The van der Waals surface area contributed by atoms with E-state index in [2.05, 4.69) is 201 Å². The molecule has 0 bridgehead atoms. The summed E-state index contributed by atoms with van der Waals surface area (Å²) in [7, 11) is 0. The van der Waals surface area contributed by atoms with E-state index in [1.54, 1.807) is 12.2 Å². The summed E-state index contributed by atoms with van der Waals surface area (Å²) >= 11 is 0. The number of hydrogen-bond donors (Lipinski definition) is 0. The molecule has 0 N–H and O–H groups in total. The SMILES string of the molecule is C=CC=C.C=Cc1nc(-c2ccc3c(c2)Cc2ccccc2N3c2ccccc2)c(-n2c3ccccc3c3c4ccccc4c(-c4cc5ccccc5cc4C)c(C)c32)nc1/C=C\C. The van der Waals surface area contributed by atoms with Gasteiger partial charge in [0.2, 0.25) is 0 Å². The fourth-order valence-corrected chi connectivity index (χ4v) is 9.69. The number of nitrogens with zero attached hydrogens (tertiary/aromatic N) is 4. The Morgan fingerprint density at radius 3 is 2.00 bits per heavy atom. The first-order chi connectivity index (χ1) is 31.4. The smallest absolute Gasteiger partial charge is 0.165 e. The Kier molecular flexibility index (Phi) is 10.4. The van der Waals surface area contributed by atoms with Gasteiger partial charge < -0.3 is 4.90 Å². The number of para-hydroxylation sites is 3. The summed E-state index contributed by atoms with van der Waals surface area (Å²) in [5, 5.41) is 7.33. The number of benzene rings is 8. The second kappa shape index (κ2) is 16.7. The molecule has 1 aliphatic heterocycles. The van der Waals surface area contributed by atoms with Crippen molar-refractivity contribution in [3.05, 3.63) is 229 Å². The minimum Gasteiger partial charge on any atom is -0.310 e. The molecular weight excluding hydrogens is 777 g/mol. The quantitative estimate of drug-likeness (QED) is 0.150. The summed E-state index contributed by atoms with van der Waals surface area (Å²) in [4.78, 5) is 13.4. The lowest BCUT2D eigenvalue weighted by molar-refractivity contribution is 1.03. The molecule has 4 heteroatoms. The first kappa shape index (κ1) is 40.0. The highest BCUT2D eigenvalue weighted by molar-refractivity contribution is 6.26. The summed E-state index contributed by atoms with van der Waals surface area (Å²) in [5.41, 5.74) is 16.5. The minimum absolute atomic E-state index is 0.747. The molecule has 11 rings (SSSR count). The summed E-state index contributed by atoms with van der Waals surface area (Å²) in [6.07, 6.45) is 9.98. The molecule has 0 saturated heterocycles. The lowest BCUT2D eigenvalue weighted by Crippen LogP contribution is -2.18. The van der Waals surface area contributed by atoms with Crippen molar-refractivity contribution in [3.63, 3.8) is 0 Å². The lowest BCUT2D eigenvalue weighted by atomic mass is 9.87. The van der Waals surface area contributed by atoms with Crippen molar-refractivity contribution < 1.29 is 0 Å². The van der Waals surface area contributed by atoms with Crippen LogP contribution >= 0.6 is 0 Å². The third kappa shape index (κ3) is 6.63. The van der Waals surface area contributed by atoms with Crippen LogP contribution in [0, 0.1) is 13.8 Å². The summed E-state index contributed by atoms with van der Waals surface area (Å²) in [5.74, 6) is 0.788. The van der Waals surface area contributed by atoms with Crippen molar-refractivity contribution in [1.82, 2.24) is 14.5 Å². The van der Waals surface area contributed by atoms with Crippen LogP contribution in [0.4, 0.5) is 17.1 Å². The molecule has 0 unspecified atom stereocenters. The van der Waals surface area contributed by atoms with Gasteiger partial charge in [0, 0.05) is 39.8 Å². The second-order valence-electron chi connectivity index (χ2n) is 16.3. The van der Waals surface area contributed by atoms with Crippen LogP contribution in [0.3, 0.4) is 0 Å². The summed E-state index contributed by atoms with van der Waals surface area (Å²) < 4.78 is 2.39.